The van der Waals surface area contributed by atoms with Gasteiger partial charge in [-0.3, -0.25) is 4.74 Å². The molecule has 1 nitrogen and oxygen atoms in total. The van der Waals surface area contributed by atoms with Gasteiger partial charge in [0.05, 0.1) is 12.8 Å². The third-order valence-electron chi connectivity index (χ3n) is 2.99. The summed E-state index contributed by atoms with van der Waals surface area (Å²) in [6.07, 6.45) is -30.9. The quantitative estimate of drug-likeness (QED) is 0.198. The smallest absolute Gasteiger partial charge is 0.290 e. The zero-order valence-corrected chi connectivity index (χ0v) is 19.0. The molecule has 2 atom stereocenters. The van der Waals surface area contributed by atoms with Gasteiger partial charge in [0.15, 0.2) is 0 Å². The van der Waals surface area contributed by atoms with Gasteiger partial charge in [-0.1, -0.05) is 31.9 Å². The lowest BCUT2D eigenvalue weighted by atomic mass is 10.0. The van der Waals surface area contributed by atoms with E-state index in [1.54, 1.807) is 0 Å². The molecular weight excluding hydrogens is 722 g/mol. The topological polar surface area (TPSA) is 9.23 Å². The Morgan fingerprint density at radius 1 is 0.414 bits per heavy atom. The van der Waals surface area contributed by atoms with Gasteiger partial charge in [-0.2, -0.15) is 61.5 Å². The molecule has 0 aliphatic heterocycles. The van der Waals surface area contributed by atoms with Crippen molar-refractivity contribution in [3.05, 3.63) is 0 Å². The molecule has 176 valence electrons. The number of ether oxygens (including phenoxy) is 1. The zero-order valence-electron chi connectivity index (χ0n) is 12.6. The van der Waals surface area contributed by atoms with E-state index in [-0.39, 0.29) is 0 Å². The third kappa shape index (κ3) is 6.94. The molecule has 0 bridgehead atoms. The number of halogens is 18. The molecule has 0 N–H and O–H groups in total. The Hall–Kier alpha value is 0.900. The highest BCUT2D eigenvalue weighted by Crippen LogP contribution is 2.59. The lowest BCUT2D eigenvalue weighted by molar-refractivity contribution is -0.294. The van der Waals surface area contributed by atoms with Crippen LogP contribution in [0.4, 0.5) is 61.5 Å². The summed E-state index contributed by atoms with van der Waals surface area (Å²) < 4.78 is 165. The van der Waals surface area contributed by atoms with Crippen molar-refractivity contribution in [1.29, 1.82) is 0 Å². The molecule has 0 aromatic rings. The maximum Gasteiger partial charge on any atom is 0.412 e. The van der Waals surface area contributed by atoms with E-state index in [4.69, 9.17) is 0 Å². The minimum absolute atomic E-state index is 1.19. The standard InChI is InChI=1S/C10H4Br4F14O/c11-3(7(17,18)19,8(20,21)22)1-5(13,15)29-6(14,16)2-4(12,9(23,24)25)10(26,27)28/h1-2H2. The Morgan fingerprint density at radius 3 is 0.724 bits per heavy atom. The molecule has 0 fully saturated rings. The maximum atomic E-state index is 14.1. The molecule has 0 heterocycles. The van der Waals surface area contributed by atoms with Crippen LogP contribution in [0.5, 0.6) is 0 Å². The fourth-order valence-corrected chi connectivity index (χ4v) is 4.63. The van der Waals surface area contributed by atoms with Crippen LogP contribution in [0, 0.1) is 0 Å². The van der Waals surface area contributed by atoms with Gasteiger partial charge >= 0.3 is 24.7 Å². The van der Waals surface area contributed by atoms with Crippen molar-refractivity contribution in [3.8, 4) is 0 Å². The minimum atomic E-state index is -6.29. The first-order valence-electron chi connectivity index (χ1n) is 6.22. The number of hydrogen-bond donors (Lipinski definition) is 0. The molecule has 0 spiro atoms. The second kappa shape index (κ2) is 8.35. The summed E-state index contributed by atoms with van der Waals surface area (Å²) in [6.45, 7) is 0. The van der Waals surface area contributed by atoms with Crippen molar-refractivity contribution in [3.63, 3.8) is 0 Å². The van der Waals surface area contributed by atoms with Crippen molar-refractivity contribution < 1.29 is 66.2 Å². The second-order valence-corrected chi connectivity index (χ2v) is 10.4. The Balaban J connectivity index is 5.93. The molecule has 29 heavy (non-hydrogen) atoms. The van der Waals surface area contributed by atoms with Crippen LogP contribution < -0.4 is 0 Å². The minimum Gasteiger partial charge on any atom is -0.290 e. The molecule has 0 aromatic carbocycles. The van der Waals surface area contributed by atoms with Gasteiger partial charge in [0.1, 0.15) is 0 Å². The van der Waals surface area contributed by atoms with E-state index < -0.39 is 55.7 Å². The Bertz CT molecular complexity index is 497. The van der Waals surface area contributed by atoms with Crippen LogP contribution in [-0.4, -0.2) is 42.9 Å². The SMILES string of the molecule is FC(Br)(CC(Br)(C(F)(F)F)C(F)(F)F)OC(F)(Br)CC(Br)(C(F)(F)F)C(F)(F)F. The Morgan fingerprint density at radius 2 is 0.586 bits per heavy atom. The van der Waals surface area contributed by atoms with E-state index in [1.165, 1.54) is 63.7 Å². The van der Waals surface area contributed by atoms with Crippen molar-refractivity contribution in [2.75, 3.05) is 0 Å². The van der Waals surface area contributed by atoms with Gasteiger partial charge in [0, 0.05) is 0 Å². The molecule has 19 heteroatoms. The van der Waals surface area contributed by atoms with Crippen LogP contribution in [0.3, 0.4) is 0 Å². The molecule has 0 saturated carbocycles. The van der Waals surface area contributed by atoms with Crippen LogP contribution in [0.25, 0.3) is 0 Å². The highest BCUT2D eigenvalue weighted by Gasteiger charge is 2.74. The van der Waals surface area contributed by atoms with E-state index in [9.17, 15) is 61.5 Å². The average molecular weight is 726 g/mol. The Labute approximate surface area is 185 Å². The predicted octanol–water partition coefficient (Wildman–Crippen LogP) is 8.34. The summed E-state index contributed by atoms with van der Waals surface area (Å²) >= 11 is 5.34. The van der Waals surface area contributed by atoms with Gasteiger partial charge in [-0.15, -0.1) is 0 Å². The predicted molar refractivity (Wildman–Crippen MR) is 83.4 cm³/mol. The largest absolute Gasteiger partial charge is 0.412 e. The van der Waals surface area contributed by atoms with Gasteiger partial charge in [-0.05, 0) is 31.9 Å². The van der Waals surface area contributed by atoms with Crippen LogP contribution in [-0.2, 0) is 4.74 Å². The highest BCUT2D eigenvalue weighted by atomic mass is 79.9. The molecule has 0 rings (SSSR count). The Kier molecular flexibility index (Phi) is 8.61. The molecule has 0 saturated heterocycles. The van der Waals surface area contributed by atoms with Gasteiger partial charge < -0.3 is 0 Å². The highest BCUT2D eigenvalue weighted by molar-refractivity contribution is 9.11. The molecule has 0 aromatic heterocycles. The van der Waals surface area contributed by atoms with Crippen molar-refractivity contribution in [1.82, 2.24) is 0 Å². The van der Waals surface area contributed by atoms with E-state index in [1.807, 2.05) is 0 Å². The van der Waals surface area contributed by atoms with Crippen LogP contribution in [0.2, 0.25) is 0 Å². The van der Waals surface area contributed by atoms with E-state index in [0.717, 1.165) is 0 Å². The first kappa shape index (κ1) is 29.9. The zero-order chi connectivity index (χ0) is 24.1. The van der Waals surface area contributed by atoms with E-state index in [0.29, 0.717) is 0 Å². The molecule has 0 amide bonds. The summed E-state index contributed by atoms with van der Waals surface area (Å²) in [5, 5.41) is 0. The van der Waals surface area contributed by atoms with E-state index in [2.05, 4.69) is 4.74 Å². The molecule has 0 aliphatic rings. The number of alkyl halides is 18. The average Bonchev–Trinajstić information content (AvgIpc) is 2.29. The summed E-state index contributed by atoms with van der Waals surface area (Å²) in [4.78, 5) is 0. The first-order valence-corrected chi connectivity index (χ1v) is 9.40. The maximum absolute atomic E-state index is 14.1. The van der Waals surface area contributed by atoms with Crippen molar-refractivity contribution in [2.45, 2.75) is 55.7 Å². The second-order valence-electron chi connectivity index (χ2n) is 5.32. The van der Waals surface area contributed by atoms with Crippen molar-refractivity contribution in [2.24, 2.45) is 0 Å². The lowest BCUT2D eigenvalue weighted by Gasteiger charge is -2.39. The molecule has 0 aliphatic carbocycles. The fraction of sp³-hybridized carbons (Fsp3) is 1.00. The normalized spacial score (nSPS) is 19.7. The van der Waals surface area contributed by atoms with Crippen molar-refractivity contribution >= 4 is 63.7 Å². The fourth-order valence-electron chi connectivity index (χ4n) is 1.58. The first-order chi connectivity index (χ1) is 12.1. The lowest BCUT2D eigenvalue weighted by Crippen LogP contribution is -2.57. The number of hydrogen-bond acceptors (Lipinski definition) is 1. The van der Waals surface area contributed by atoms with E-state index >= 15 is 0 Å². The summed E-state index contributed by atoms with van der Waals surface area (Å²) in [6, 6.07) is 0. The number of rotatable bonds is 6. The summed E-state index contributed by atoms with van der Waals surface area (Å²) in [5.41, 5.74) is 0. The van der Waals surface area contributed by atoms with Gasteiger partial charge in [0.25, 0.3) is 9.53 Å². The molecule has 2 unspecified atom stereocenters. The summed E-state index contributed by atoms with van der Waals surface area (Å²) in [5.74, 6) is 0. The molecular formula is C10H4Br4F14O. The van der Waals surface area contributed by atoms with Crippen LogP contribution in [0.15, 0.2) is 0 Å². The van der Waals surface area contributed by atoms with Crippen LogP contribution in [0.1, 0.15) is 12.8 Å². The third-order valence-corrected chi connectivity index (χ3v) is 6.24. The summed E-state index contributed by atoms with van der Waals surface area (Å²) in [7, 11) is 0. The van der Waals surface area contributed by atoms with Gasteiger partial charge in [0.2, 0.25) is 8.65 Å². The van der Waals surface area contributed by atoms with Crippen LogP contribution >= 0.6 is 63.7 Å². The molecule has 0 radical (unpaired) electrons. The van der Waals surface area contributed by atoms with Gasteiger partial charge in [-0.25, -0.2) is 0 Å². The monoisotopic (exact) mass is 722 g/mol.